The maximum Gasteiger partial charge on any atom is 0.435 e. The number of benzene rings is 1. The average molecular weight is 423 g/mol. The highest BCUT2D eigenvalue weighted by molar-refractivity contribution is 7.88. The molecule has 1 aliphatic rings. The molecular weight excluding hydrogens is 405 g/mol. The van der Waals surface area contributed by atoms with Gasteiger partial charge >= 0.3 is 6.18 Å². The molecule has 0 saturated carbocycles. The summed E-state index contributed by atoms with van der Waals surface area (Å²) in [5.41, 5.74) is -0.618. The van der Waals surface area contributed by atoms with E-state index in [1.165, 1.54) is 4.68 Å². The van der Waals surface area contributed by atoms with Gasteiger partial charge in [-0.05, 0) is 43.9 Å². The molecule has 0 bridgehead atoms. The van der Waals surface area contributed by atoms with E-state index in [2.05, 4.69) is 9.82 Å². The normalized spacial score (nSPS) is 14.9. The van der Waals surface area contributed by atoms with Gasteiger partial charge in [-0.15, -0.1) is 0 Å². The van der Waals surface area contributed by atoms with Gasteiger partial charge in [-0.25, -0.2) is 21.9 Å². The molecule has 0 fully saturated rings. The zero-order chi connectivity index (χ0) is 20.5. The van der Waals surface area contributed by atoms with Crippen LogP contribution in [0.2, 0.25) is 0 Å². The minimum Gasteiger partial charge on any atom is -0.267 e. The molecule has 1 aromatic carbocycles. The average Bonchev–Trinajstić information content (AvgIpc) is 2.97. The van der Waals surface area contributed by atoms with E-state index < -0.39 is 39.3 Å². The third-order valence-electron chi connectivity index (χ3n) is 4.52. The predicted molar refractivity (Wildman–Crippen MR) is 90.9 cm³/mol. The second kappa shape index (κ2) is 7.78. The van der Waals surface area contributed by atoms with Crippen LogP contribution in [0.4, 0.5) is 22.0 Å². The number of nitrogens with one attached hydrogen (secondary N) is 1. The van der Waals surface area contributed by atoms with Crippen molar-refractivity contribution in [2.75, 3.05) is 6.54 Å². The van der Waals surface area contributed by atoms with Crippen molar-refractivity contribution < 1.29 is 30.4 Å². The smallest absolute Gasteiger partial charge is 0.267 e. The summed E-state index contributed by atoms with van der Waals surface area (Å²) in [6.45, 7) is -0.312. The fourth-order valence-electron chi connectivity index (χ4n) is 3.30. The minimum atomic E-state index is -4.57. The summed E-state index contributed by atoms with van der Waals surface area (Å²) in [5, 5.41) is 3.64. The zero-order valence-corrected chi connectivity index (χ0v) is 15.5. The number of hydrogen-bond acceptors (Lipinski definition) is 3. The van der Waals surface area contributed by atoms with Gasteiger partial charge in [-0.2, -0.15) is 18.3 Å². The van der Waals surface area contributed by atoms with Crippen molar-refractivity contribution >= 4 is 10.0 Å². The summed E-state index contributed by atoms with van der Waals surface area (Å²) in [4.78, 5) is 0. The van der Waals surface area contributed by atoms with E-state index >= 15 is 0 Å². The largest absolute Gasteiger partial charge is 0.435 e. The number of sulfonamides is 1. The molecule has 0 aliphatic heterocycles. The van der Waals surface area contributed by atoms with Gasteiger partial charge in [-0.3, -0.25) is 4.68 Å². The van der Waals surface area contributed by atoms with Crippen molar-refractivity contribution in [2.24, 2.45) is 0 Å². The van der Waals surface area contributed by atoms with E-state index in [-0.39, 0.29) is 30.6 Å². The SMILES string of the molecule is O=S(=O)(Cc1cc(F)ccc1F)NCCn1nc(C(F)(F)F)c2c1CCCC2. The lowest BCUT2D eigenvalue weighted by molar-refractivity contribution is -0.142. The van der Waals surface area contributed by atoms with Crippen LogP contribution in [0, 0.1) is 11.6 Å². The minimum absolute atomic E-state index is 0.0940. The lowest BCUT2D eigenvalue weighted by atomic mass is 9.95. The molecule has 28 heavy (non-hydrogen) atoms. The first-order valence-electron chi connectivity index (χ1n) is 8.64. The summed E-state index contributed by atoms with van der Waals surface area (Å²) in [5.74, 6) is -2.40. The Kier molecular flexibility index (Phi) is 5.76. The van der Waals surface area contributed by atoms with Gasteiger partial charge in [0, 0.05) is 23.4 Å². The van der Waals surface area contributed by atoms with Gasteiger partial charge in [0.15, 0.2) is 5.69 Å². The molecular formula is C17H18F5N3O2S. The molecule has 0 radical (unpaired) electrons. The first-order chi connectivity index (χ1) is 13.1. The maximum atomic E-state index is 13.6. The predicted octanol–water partition coefficient (Wildman–Crippen LogP) is 3.18. The van der Waals surface area contributed by atoms with Crippen LogP contribution in [0.25, 0.3) is 0 Å². The van der Waals surface area contributed by atoms with Crippen molar-refractivity contribution in [1.29, 1.82) is 0 Å². The van der Waals surface area contributed by atoms with Crippen LogP contribution in [0.3, 0.4) is 0 Å². The Bertz CT molecular complexity index is 970. The van der Waals surface area contributed by atoms with E-state index in [1.54, 1.807) is 0 Å². The van der Waals surface area contributed by atoms with E-state index in [0.29, 0.717) is 18.5 Å². The van der Waals surface area contributed by atoms with Gasteiger partial charge in [0.2, 0.25) is 10.0 Å². The molecule has 3 rings (SSSR count). The molecule has 0 saturated heterocycles. The number of nitrogens with zero attached hydrogens (tertiary/aromatic N) is 2. The summed E-state index contributed by atoms with van der Waals surface area (Å²) < 4.78 is 93.8. The van der Waals surface area contributed by atoms with Crippen LogP contribution < -0.4 is 4.72 Å². The molecule has 1 N–H and O–H groups in total. The van der Waals surface area contributed by atoms with Crippen molar-refractivity contribution in [1.82, 2.24) is 14.5 Å². The molecule has 154 valence electrons. The van der Waals surface area contributed by atoms with E-state index in [0.717, 1.165) is 24.6 Å². The van der Waals surface area contributed by atoms with E-state index in [1.807, 2.05) is 0 Å². The zero-order valence-electron chi connectivity index (χ0n) is 14.7. The Morgan fingerprint density at radius 3 is 2.57 bits per heavy atom. The van der Waals surface area contributed by atoms with Crippen LogP contribution >= 0.6 is 0 Å². The Morgan fingerprint density at radius 2 is 1.86 bits per heavy atom. The third-order valence-corrected chi connectivity index (χ3v) is 5.86. The third kappa shape index (κ3) is 4.69. The number of halogens is 5. The van der Waals surface area contributed by atoms with Crippen molar-refractivity contribution in [2.45, 2.75) is 44.2 Å². The van der Waals surface area contributed by atoms with Crippen LogP contribution in [-0.2, 0) is 41.3 Å². The highest BCUT2D eigenvalue weighted by Crippen LogP contribution is 2.35. The first kappa shape index (κ1) is 20.7. The van der Waals surface area contributed by atoms with Gasteiger partial charge in [0.05, 0.1) is 12.3 Å². The molecule has 11 heteroatoms. The molecule has 0 amide bonds. The van der Waals surface area contributed by atoms with Crippen molar-refractivity contribution in [3.63, 3.8) is 0 Å². The standard InChI is InChI=1S/C17H18F5N3O2S/c18-12-5-6-14(19)11(9-12)10-28(26,27)23-7-8-25-15-4-2-1-3-13(15)16(24-25)17(20,21)22/h5-6,9,23H,1-4,7-8,10H2. The Labute approximate surface area is 158 Å². The lowest BCUT2D eigenvalue weighted by Crippen LogP contribution is -2.29. The van der Waals surface area contributed by atoms with Gasteiger partial charge in [-0.1, -0.05) is 0 Å². The number of fused-ring (bicyclic) bond motifs is 1. The first-order valence-corrected chi connectivity index (χ1v) is 10.3. The van der Waals surface area contributed by atoms with Crippen LogP contribution in [0.1, 0.15) is 35.4 Å². The van der Waals surface area contributed by atoms with Gasteiger partial charge in [0.25, 0.3) is 0 Å². The Morgan fingerprint density at radius 1 is 1.14 bits per heavy atom. The molecule has 0 spiro atoms. The summed E-state index contributed by atoms with van der Waals surface area (Å²) in [6.07, 6.45) is -2.45. The van der Waals surface area contributed by atoms with Crippen LogP contribution in [0.5, 0.6) is 0 Å². The molecule has 1 aromatic heterocycles. The number of alkyl halides is 3. The Hall–Kier alpha value is -2.01. The highest BCUT2D eigenvalue weighted by atomic mass is 32.2. The monoisotopic (exact) mass is 423 g/mol. The second-order valence-electron chi connectivity index (χ2n) is 6.59. The highest BCUT2D eigenvalue weighted by Gasteiger charge is 2.39. The fourth-order valence-corrected chi connectivity index (χ4v) is 4.44. The van der Waals surface area contributed by atoms with Crippen LogP contribution in [-0.4, -0.2) is 24.7 Å². The topological polar surface area (TPSA) is 64.0 Å². The molecule has 0 unspecified atom stereocenters. The molecule has 1 heterocycles. The fraction of sp³-hybridized carbons (Fsp3) is 0.471. The van der Waals surface area contributed by atoms with E-state index in [9.17, 15) is 30.4 Å². The lowest BCUT2D eigenvalue weighted by Gasteiger charge is -2.15. The van der Waals surface area contributed by atoms with Crippen LogP contribution in [0.15, 0.2) is 18.2 Å². The number of aromatic nitrogens is 2. The maximum absolute atomic E-state index is 13.6. The summed E-state index contributed by atoms with van der Waals surface area (Å²) in [6, 6.07) is 2.49. The quantitative estimate of drug-likeness (QED) is 0.726. The molecule has 0 atom stereocenters. The van der Waals surface area contributed by atoms with Gasteiger partial charge < -0.3 is 0 Å². The van der Waals surface area contributed by atoms with Crippen molar-refractivity contribution in [3.8, 4) is 0 Å². The second-order valence-corrected chi connectivity index (χ2v) is 8.40. The number of rotatable bonds is 6. The molecule has 1 aliphatic carbocycles. The molecule has 2 aromatic rings. The van der Waals surface area contributed by atoms with Crippen molar-refractivity contribution in [3.05, 3.63) is 52.3 Å². The van der Waals surface area contributed by atoms with Gasteiger partial charge in [0.1, 0.15) is 11.6 Å². The summed E-state index contributed by atoms with van der Waals surface area (Å²) in [7, 11) is -4.01. The Balaban J connectivity index is 1.69. The van der Waals surface area contributed by atoms with E-state index in [4.69, 9.17) is 0 Å². The molecule has 5 nitrogen and oxygen atoms in total. The summed E-state index contributed by atoms with van der Waals surface area (Å²) >= 11 is 0. The number of hydrogen-bond donors (Lipinski definition) is 1.